The summed E-state index contributed by atoms with van der Waals surface area (Å²) in [5.74, 6) is -0.0124. The van der Waals surface area contributed by atoms with Crippen LogP contribution in [0.5, 0.6) is 0 Å². The number of carbonyl (C=O) groups is 2. The number of hydrogen-bond donors (Lipinski definition) is 1. The van der Waals surface area contributed by atoms with Crippen LogP contribution in [0.3, 0.4) is 0 Å². The van der Waals surface area contributed by atoms with Crippen LogP contribution in [0.2, 0.25) is 0 Å². The lowest BCUT2D eigenvalue weighted by Crippen LogP contribution is -2.49. The molecule has 5 heteroatoms. The molecule has 4 rings (SSSR count). The van der Waals surface area contributed by atoms with Gasteiger partial charge >= 0.3 is 6.09 Å². The fraction of sp³-hybridized carbons (Fsp3) is 0.273. The van der Waals surface area contributed by atoms with Gasteiger partial charge in [-0.3, -0.25) is 10.1 Å². The average molecular weight is 362 g/mol. The Bertz CT molecular complexity index is 911. The zero-order valence-corrected chi connectivity index (χ0v) is 15.3. The van der Waals surface area contributed by atoms with E-state index in [9.17, 15) is 9.59 Å². The summed E-state index contributed by atoms with van der Waals surface area (Å²) in [6.07, 6.45) is 4.26. The maximum absolute atomic E-state index is 12.6. The number of fused-ring (bicyclic) bond motifs is 2. The molecule has 0 unspecified atom stereocenters. The first kappa shape index (κ1) is 17.3. The highest BCUT2D eigenvalue weighted by molar-refractivity contribution is 5.92. The average Bonchev–Trinajstić information content (AvgIpc) is 2.67. The van der Waals surface area contributed by atoms with Crippen molar-refractivity contribution in [2.75, 3.05) is 18.4 Å². The molecule has 2 heterocycles. The Hall–Kier alpha value is -3.08. The Labute approximate surface area is 158 Å². The fourth-order valence-corrected chi connectivity index (χ4v) is 3.86. The first-order valence-corrected chi connectivity index (χ1v) is 9.20. The largest absolute Gasteiger partial charge is 0.438 e. The van der Waals surface area contributed by atoms with E-state index in [2.05, 4.69) is 5.32 Å². The van der Waals surface area contributed by atoms with E-state index in [0.717, 1.165) is 22.4 Å². The normalized spacial score (nSPS) is 18.1. The summed E-state index contributed by atoms with van der Waals surface area (Å²) in [6, 6.07) is 15.7. The van der Waals surface area contributed by atoms with Crippen LogP contribution >= 0.6 is 0 Å². The van der Waals surface area contributed by atoms with E-state index in [1.165, 1.54) is 0 Å². The lowest BCUT2D eigenvalue weighted by molar-refractivity contribution is -0.130. The quantitative estimate of drug-likeness (QED) is 0.819. The minimum absolute atomic E-state index is 0.0124. The second kappa shape index (κ2) is 6.91. The summed E-state index contributed by atoms with van der Waals surface area (Å²) in [6.45, 7) is 3.13. The number of amides is 2. The van der Waals surface area contributed by atoms with Crippen LogP contribution in [0.4, 0.5) is 10.5 Å². The summed E-state index contributed by atoms with van der Waals surface area (Å²) in [4.78, 5) is 26.4. The van der Waals surface area contributed by atoms with Crippen LogP contribution in [-0.4, -0.2) is 30.0 Å². The lowest BCUT2D eigenvalue weighted by atomic mass is 9.82. The predicted molar refractivity (Wildman–Crippen MR) is 104 cm³/mol. The van der Waals surface area contributed by atoms with E-state index >= 15 is 0 Å². The van der Waals surface area contributed by atoms with Gasteiger partial charge in [0.25, 0.3) is 0 Å². The smallest absolute Gasteiger partial charge is 0.412 e. The topological polar surface area (TPSA) is 58.6 Å². The van der Waals surface area contributed by atoms with E-state index in [4.69, 9.17) is 4.74 Å². The van der Waals surface area contributed by atoms with E-state index < -0.39 is 11.7 Å². The van der Waals surface area contributed by atoms with Crippen molar-refractivity contribution in [1.29, 1.82) is 0 Å². The zero-order chi connectivity index (χ0) is 18.9. The number of benzene rings is 2. The molecule has 1 fully saturated rings. The Morgan fingerprint density at radius 2 is 1.81 bits per heavy atom. The molecular weight excluding hydrogens is 340 g/mol. The molecule has 2 aromatic carbocycles. The maximum Gasteiger partial charge on any atom is 0.412 e. The molecular formula is C22H22N2O3. The third-order valence-corrected chi connectivity index (χ3v) is 5.42. The van der Waals surface area contributed by atoms with Gasteiger partial charge in [-0.25, -0.2) is 4.79 Å². The van der Waals surface area contributed by atoms with Gasteiger partial charge in [-0.1, -0.05) is 42.5 Å². The number of rotatable bonds is 2. The van der Waals surface area contributed by atoms with Gasteiger partial charge in [0.15, 0.2) is 0 Å². The summed E-state index contributed by atoms with van der Waals surface area (Å²) in [7, 11) is 0. The minimum Gasteiger partial charge on any atom is -0.438 e. The third-order valence-electron chi connectivity index (χ3n) is 5.42. The van der Waals surface area contributed by atoms with Gasteiger partial charge in [-0.05, 0) is 30.2 Å². The number of carbonyl (C=O) groups excluding carboxylic acids is 2. The Morgan fingerprint density at radius 1 is 1.11 bits per heavy atom. The summed E-state index contributed by atoms with van der Waals surface area (Å²) in [5, 5.41) is 2.76. The van der Waals surface area contributed by atoms with Crippen molar-refractivity contribution < 1.29 is 14.3 Å². The van der Waals surface area contributed by atoms with Gasteiger partial charge in [0.2, 0.25) is 5.91 Å². The highest BCUT2D eigenvalue weighted by atomic mass is 16.6. The Balaban J connectivity index is 1.47. The van der Waals surface area contributed by atoms with Crippen LogP contribution in [0.1, 0.15) is 29.5 Å². The third kappa shape index (κ3) is 3.33. The summed E-state index contributed by atoms with van der Waals surface area (Å²) >= 11 is 0. The van der Waals surface area contributed by atoms with Crippen molar-refractivity contribution in [3.8, 4) is 0 Å². The van der Waals surface area contributed by atoms with Crippen LogP contribution in [0.15, 0.2) is 54.6 Å². The second-order valence-corrected chi connectivity index (χ2v) is 7.07. The monoisotopic (exact) mass is 362 g/mol. The van der Waals surface area contributed by atoms with Gasteiger partial charge in [0.05, 0.1) is 5.69 Å². The molecule has 2 aromatic rings. The van der Waals surface area contributed by atoms with Gasteiger partial charge in [0.1, 0.15) is 5.60 Å². The zero-order valence-electron chi connectivity index (χ0n) is 15.3. The van der Waals surface area contributed by atoms with Crippen molar-refractivity contribution in [2.24, 2.45) is 0 Å². The number of piperidine rings is 1. The molecule has 2 aliphatic rings. The Morgan fingerprint density at radius 3 is 2.59 bits per heavy atom. The number of ether oxygens (including phenoxy) is 1. The molecule has 5 nitrogen and oxygen atoms in total. The van der Waals surface area contributed by atoms with E-state index in [1.807, 2.05) is 66.4 Å². The number of anilines is 1. The first-order chi connectivity index (χ1) is 13.1. The molecule has 0 radical (unpaired) electrons. The summed E-state index contributed by atoms with van der Waals surface area (Å²) in [5.41, 5.74) is 3.33. The first-order valence-electron chi connectivity index (χ1n) is 9.20. The second-order valence-electron chi connectivity index (χ2n) is 7.07. The molecule has 2 aliphatic heterocycles. The van der Waals surface area contributed by atoms with Crippen LogP contribution in [-0.2, 0) is 15.1 Å². The van der Waals surface area contributed by atoms with Crippen molar-refractivity contribution in [3.05, 3.63) is 71.3 Å². The number of nitrogens with one attached hydrogen (secondary N) is 1. The number of para-hydroxylation sites is 1. The lowest BCUT2D eigenvalue weighted by Gasteiger charge is -2.44. The van der Waals surface area contributed by atoms with Crippen LogP contribution in [0.25, 0.3) is 6.08 Å². The predicted octanol–water partition coefficient (Wildman–Crippen LogP) is 4.09. The van der Waals surface area contributed by atoms with Crippen LogP contribution in [0, 0.1) is 6.92 Å². The molecule has 1 saturated heterocycles. The van der Waals surface area contributed by atoms with Gasteiger partial charge in [-0.15, -0.1) is 0 Å². The van der Waals surface area contributed by atoms with Crippen molar-refractivity contribution >= 4 is 23.8 Å². The van der Waals surface area contributed by atoms with Gasteiger partial charge < -0.3 is 9.64 Å². The number of hydrogen-bond acceptors (Lipinski definition) is 3. The summed E-state index contributed by atoms with van der Waals surface area (Å²) < 4.78 is 5.71. The highest BCUT2D eigenvalue weighted by Crippen LogP contribution is 2.43. The molecule has 1 spiro atoms. The Kier molecular flexibility index (Phi) is 4.44. The number of likely N-dealkylation sites (tertiary alicyclic amines) is 1. The number of aryl methyl sites for hydroxylation is 1. The molecule has 2 amide bonds. The molecule has 0 aliphatic carbocycles. The molecule has 1 N–H and O–H groups in total. The highest BCUT2D eigenvalue weighted by Gasteiger charge is 2.44. The SMILES string of the molecule is Cc1ccccc1/C=C/C(=O)N1CCC2(CC1)OC(=O)Nc1ccccc12. The molecule has 0 atom stereocenters. The number of nitrogens with zero attached hydrogens (tertiary/aromatic N) is 1. The van der Waals surface area contributed by atoms with Gasteiger partial charge in [0, 0.05) is 37.6 Å². The van der Waals surface area contributed by atoms with E-state index in [-0.39, 0.29) is 5.91 Å². The van der Waals surface area contributed by atoms with Crippen molar-refractivity contribution in [1.82, 2.24) is 4.90 Å². The van der Waals surface area contributed by atoms with E-state index in [0.29, 0.717) is 25.9 Å². The molecule has 0 bridgehead atoms. The van der Waals surface area contributed by atoms with Crippen molar-refractivity contribution in [2.45, 2.75) is 25.4 Å². The van der Waals surface area contributed by atoms with Crippen molar-refractivity contribution in [3.63, 3.8) is 0 Å². The van der Waals surface area contributed by atoms with Gasteiger partial charge in [-0.2, -0.15) is 0 Å². The molecule has 0 saturated carbocycles. The standard InChI is InChI=1S/C22H22N2O3/c1-16-6-2-3-7-17(16)10-11-20(25)24-14-12-22(13-15-24)18-8-4-5-9-19(18)23-21(26)27-22/h2-11H,12-15H2,1H3,(H,23,26)/b11-10+. The van der Waals surface area contributed by atoms with E-state index in [1.54, 1.807) is 6.08 Å². The molecule has 27 heavy (non-hydrogen) atoms. The van der Waals surface area contributed by atoms with Crippen LogP contribution < -0.4 is 5.32 Å². The molecule has 138 valence electrons. The molecule has 0 aromatic heterocycles. The minimum atomic E-state index is -0.643. The fourth-order valence-electron chi connectivity index (χ4n) is 3.86. The maximum atomic E-state index is 12.6.